The summed E-state index contributed by atoms with van der Waals surface area (Å²) in [5, 5.41) is 23.7. The Balaban J connectivity index is 1.38. The monoisotopic (exact) mass is 451 g/mol. The summed E-state index contributed by atoms with van der Waals surface area (Å²) < 4.78 is 15.6. The van der Waals surface area contributed by atoms with Gasteiger partial charge in [0, 0.05) is 44.0 Å². The van der Waals surface area contributed by atoms with Gasteiger partial charge in [-0.2, -0.15) is 0 Å². The number of benzene rings is 2. The molecule has 1 aliphatic carbocycles. The van der Waals surface area contributed by atoms with Crippen molar-refractivity contribution in [2.24, 2.45) is 0 Å². The minimum absolute atomic E-state index is 0.0903. The molecule has 1 saturated carbocycles. The minimum Gasteiger partial charge on any atom is -0.369 e. The van der Waals surface area contributed by atoms with Gasteiger partial charge in [0.15, 0.2) is 5.82 Å². The molecule has 0 spiro atoms. The predicted molar refractivity (Wildman–Crippen MR) is 120 cm³/mol. The third-order valence-electron chi connectivity index (χ3n) is 6.72. The molecule has 2 heterocycles. The number of nitro benzene ring substituents is 1. The maximum Gasteiger partial charge on any atom is 0.269 e. The Hall–Kier alpha value is -3.40. The fourth-order valence-electron chi connectivity index (χ4n) is 4.98. The van der Waals surface area contributed by atoms with Crippen LogP contribution in [0.2, 0.25) is 0 Å². The first-order chi connectivity index (χ1) is 16.1. The molecule has 0 N–H and O–H groups in total. The van der Waals surface area contributed by atoms with Gasteiger partial charge in [-0.1, -0.05) is 25.0 Å². The van der Waals surface area contributed by atoms with Crippen LogP contribution < -0.4 is 4.90 Å². The second-order valence-corrected chi connectivity index (χ2v) is 8.67. The lowest BCUT2D eigenvalue weighted by atomic mass is 10.0. The van der Waals surface area contributed by atoms with Crippen LogP contribution in [0.25, 0.3) is 0 Å². The number of rotatable bonds is 6. The van der Waals surface area contributed by atoms with E-state index in [0.717, 1.165) is 56.1 Å². The molecule has 0 unspecified atom stereocenters. The van der Waals surface area contributed by atoms with E-state index in [1.54, 1.807) is 24.3 Å². The van der Waals surface area contributed by atoms with Crippen LogP contribution in [0, 0.1) is 15.9 Å². The highest BCUT2D eigenvalue weighted by molar-refractivity contribution is 5.51. The first kappa shape index (κ1) is 21.4. The molecular formula is C23H26FN7O2. The molecule has 5 rings (SSSR count). The van der Waals surface area contributed by atoms with Crippen LogP contribution in [0.3, 0.4) is 0 Å². The van der Waals surface area contributed by atoms with Crippen molar-refractivity contribution in [1.29, 1.82) is 0 Å². The van der Waals surface area contributed by atoms with E-state index in [1.165, 1.54) is 25.0 Å². The van der Waals surface area contributed by atoms with E-state index in [9.17, 15) is 14.5 Å². The lowest BCUT2D eigenvalue weighted by molar-refractivity contribution is -0.384. The average Bonchev–Trinajstić information content (AvgIpc) is 3.53. The average molecular weight is 452 g/mol. The van der Waals surface area contributed by atoms with Crippen molar-refractivity contribution in [3.63, 3.8) is 0 Å². The Kier molecular flexibility index (Phi) is 5.99. The number of aromatic nitrogens is 4. The quantitative estimate of drug-likeness (QED) is 0.416. The molecule has 0 radical (unpaired) electrons. The Morgan fingerprint density at radius 2 is 1.64 bits per heavy atom. The number of nitrogens with zero attached hydrogens (tertiary/aromatic N) is 7. The molecular weight excluding hydrogens is 425 g/mol. The maximum atomic E-state index is 13.7. The minimum atomic E-state index is -0.385. The van der Waals surface area contributed by atoms with E-state index < -0.39 is 0 Å². The number of hydrogen-bond donors (Lipinski definition) is 0. The number of hydrogen-bond acceptors (Lipinski definition) is 7. The van der Waals surface area contributed by atoms with Crippen LogP contribution in [0.1, 0.15) is 49.2 Å². The molecule has 0 bridgehead atoms. The molecule has 2 aromatic carbocycles. The maximum absolute atomic E-state index is 13.7. The van der Waals surface area contributed by atoms with Gasteiger partial charge in [-0.3, -0.25) is 15.0 Å². The van der Waals surface area contributed by atoms with Gasteiger partial charge < -0.3 is 4.90 Å². The molecule has 10 heteroatoms. The highest BCUT2D eigenvalue weighted by Gasteiger charge is 2.33. The van der Waals surface area contributed by atoms with Crippen LogP contribution >= 0.6 is 0 Å². The summed E-state index contributed by atoms with van der Waals surface area (Å²) in [6, 6.07) is 13.4. The Bertz CT molecular complexity index is 1090. The summed E-state index contributed by atoms with van der Waals surface area (Å²) in [5.41, 5.74) is 2.02. The fourth-order valence-corrected chi connectivity index (χ4v) is 4.98. The number of piperazine rings is 1. The number of tetrazole rings is 1. The van der Waals surface area contributed by atoms with E-state index in [1.807, 2.05) is 16.8 Å². The van der Waals surface area contributed by atoms with Gasteiger partial charge in [-0.25, -0.2) is 9.07 Å². The Morgan fingerprint density at radius 1 is 0.970 bits per heavy atom. The Morgan fingerprint density at radius 3 is 2.27 bits per heavy atom. The van der Waals surface area contributed by atoms with E-state index in [2.05, 4.69) is 25.3 Å². The summed E-state index contributed by atoms with van der Waals surface area (Å²) in [5.74, 6) is 0.535. The van der Waals surface area contributed by atoms with Gasteiger partial charge in [-0.05, 0) is 53.1 Å². The second-order valence-electron chi connectivity index (χ2n) is 8.67. The van der Waals surface area contributed by atoms with Gasteiger partial charge in [0.1, 0.15) is 5.82 Å². The van der Waals surface area contributed by atoms with Gasteiger partial charge in [0.25, 0.3) is 5.69 Å². The van der Waals surface area contributed by atoms with Crippen LogP contribution in [0.4, 0.5) is 15.8 Å². The Labute approximate surface area is 191 Å². The summed E-state index contributed by atoms with van der Waals surface area (Å²) in [4.78, 5) is 15.1. The molecule has 2 fully saturated rings. The predicted octanol–water partition coefficient (Wildman–Crippen LogP) is 3.75. The third-order valence-corrected chi connectivity index (χ3v) is 6.72. The summed E-state index contributed by atoms with van der Waals surface area (Å²) in [7, 11) is 0. The smallest absolute Gasteiger partial charge is 0.269 e. The standard InChI is InChI=1S/C23H26FN7O2/c24-18-7-5-17(6-8-18)22(23-25-26-27-30(23)20-3-1-2-4-20)29-15-13-28(14-16-29)19-9-11-21(12-10-19)31(32)33/h5-12,20,22H,1-4,13-16H2/t22-/m0/s1. The van der Waals surface area contributed by atoms with Crippen LogP contribution in [0.15, 0.2) is 48.5 Å². The lowest BCUT2D eigenvalue weighted by Gasteiger charge is -2.40. The van der Waals surface area contributed by atoms with E-state index >= 15 is 0 Å². The zero-order chi connectivity index (χ0) is 22.8. The molecule has 1 saturated heterocycles. The highest BCUT2D eigenvalue weighted by atomic mass is 19.1. The van der Waals surface area contributed by atoms with E-state index in [0.29, 0.717) is 6.04 Å². The second kappa shape index (κ2) is 9.22. The van der Waals surface area contributed by atoms with E-state index in [-0.39, 0.29) is 22.5 Å². The molecule has 172 valence electrons. The molecule has 2 aliphatic rings. The molecule has 1 aromatic heterocycles. The van der Waals surface area contributed by atoms with Crippen LogP contribution in [-0.4, -0.2) is 56.2 Å². The number of nitro groups is 1. The van der Waals surface area contributed by atoms with Crippen molar-refractivity contribution in [3.8, 4) is 0 Å². The first-order valence-corrected chi connectivity index (χ1v) is 11.4. The summed E-state index contributed by atoms with van der Waals surface area (Å²) in [6.45, 7) is 3.05. The molecule has 1 aliphatic heterocycles. The molecule has 3 aromatic rings. The van der Waals surface area contributed by atoms with Crippen molar-refractivity contribution in [2.75, 3.05) is 31.1 Å². The van der Waals surface area contributed by atoms with Crippen molar-refractivity contribution in [2.45, 2.75) is 37.8 Å². The molecule has 33 heavy (non-hydrogen) atoms. The number of halogens is 1. The van der Waals surface area contributed by atoms with Crippen molar-refractivity contribution in [3.05, 3.63) is 75.9 Å². The van der Waals surface area contributed by atoms with E-state index in [4.69, 9.17) is 0 Å². The van der Waals surface area contributed by atoms with Crippen molar-refractivity contribution in [1.82, 2.24) is 25.1 Å². The lowest BCUT2D eigenvalue weighted by Crippen LogP contribution is -2.48. The van der Waals surface area contributed by atoms with Gasteiger partial charge >= 0.3 is 0 Å². The zero-order valence-electron chi connectivity index (χ0n) is 18.3. The fraction of sp³-hybridized carbons (Fsp3) is 0.435. The molecule has 0 amide bonds. The first-order valence-electron chi connectivity index (χ1n) is 11.4. The summed E-state index contributed by atoms with van der Waals surface area (Å²) >= 11 is 0. The van der Waals surface area contributed by atoms with Crippen LogP contribution in [-0.2, 0) is 0 Å². The number of anilines is 1. The topological polar surface area (TPSA) is 93.2 Å². The largest absolute Gasteiger partial charge is 0.369 e. The van der Waals surface area contributed by atoms with Gasteiger partial charge in [0.05, 0.1) is 17.0 Å². The molecule has 9 nitrogen and oxygen atoms in total. The third kappa shape index (κ3) is 4.43. The summed E-state index contributed by atoms with van der Waals surface area (Å²) in [6.07, 6.45) is 4.50. The number of non-ortho nitro benzene ring substituents is 1. The highest BCUT2D eigenvalue weighted by Crippen LogP contribution is 2.35. The SMILES string of the molecule is O=[N+]([O-])c1ccc(N2CCN([C@@H](c3ccc(F)cc3)c3nnnn3C3CCCC3)CC2)cc1. The van der Waals surface area contributed by atoms with Gasteiger partial charge in [0.2, 0.25) is 0 Å². The van der Waals surface area contributed by atoms with Crippen LogP contribution in [0.5, 0.6) is 0 Å². The normalized spacial score (nSPS) is 18.5. The zero-order valence-corrected chi connectivity index (χ0v) is 18.3. The van der Waals surface area contributed by atoms with Crippen molar-refractivity contribution >= 4 is 11.4 Å². The van der Waals surface area contributed by atoms with Crippen molar-refractivity contribution < 1.29 is 9.31 Å². The molecule has 1 atom stereocenters. The van der Waals surface area contributed by atoms with Gasteiger partial charge in [-0.15, -0.1) is 5.10 Å².